The number of benzene rings is 3. The lowest BCUT2D eigenvalue weighted by Gasteiger charge is -2.25. The van der Waals surface area contributed by atoms with Gasteiger partial charge in [-0.25, -0.2) is 0 Å². The van der Waals surface area contributed by atoms with E-state index in [1.807, 2.05) is 6.07 Å². The monoisotopic (exact) mass is 566 g/mol. The maximum absolute atomic E-state index is 13.2. The van der Waals surface area contributed by atoms with Crippen LogP contribution < -0.4 is 9.47 Å². The van der Waals surface area contributed by atoms with Crippen LogP contribution in [0.15, 0.2) is 76.8 Å². The van der Waals surface area contributed by atoms with E-state index in [9.17, 15) is 24.8 Å². The van der Waals surface area contributed by atoms with Crippen LogP contribution in [0.25, 0.3) is 5.76 Å². The lowest BCUT2D eigenvalue weighted by atomic mass is 9.95. The van der Waals surface area contributed by atoms with Crippen molar-refractivity contribution in [2.45, 2.75) is 12.5 Å². The average Bonchev–Trinajstić information content (AvgIpc) is 3.16. The molecule has 0 bridgehead atoms. The highest BCUT2D eigenvalue weighted by atomic mass is 79.9. The van der Waals surface area contributed by atoms with Crippen LogP contribution in [0.4, 0.5) is 5.69 Å². The summed E-state index contributed by atoms with van der Waals surface area (Å²) >= 11 is 3.33. The van der Waals surface area contributed by atoms with Crippen molar-refractivity contribution in [3.05, 3.63) is 104 Å². The van der Waals surface area contributed by atoms with Gasteiger partial charge in [-0.1, -0.05) is 46.3 Å². The number of ketones is 1. The van der Waals surface area contributed by atoms with Crippen molar-refractivity contribution in [2.75, 3.05) is 20.8 Å². The van der Waals surface area contributed by atoms with Gasteiger partial charge < -0.3 is 19.5 Å². The Bertz CT molecular complexity index is 1400. The van der Waals surface area contributed by atoms with Crippen LogP contribution in [-0.4, -0.2) is 47.4 Å². The van der Waals surface area contributed by atoms with Gasteiger partial charge in [0.1, 0.15) is 5.76 Å². The number of nitro benzene ring substituents is 1. The molecule has 1 saturated heterocycles. The normalized spacial score (nSPS) is 16.6. The topological polar surface area (TPSA) is 119 Å². The number of amides is 1. The quantitative estimate of drug-likeness (QED) is 0.133. The van der Waals surface area contributed by atoms with Gasteiger partial charge in [0, 0.05) is 28.7 Å². The molecular weight excluding hydrogens is 544 g/mol. The summed E-state index contributed by atoms with van der Waals surface area (Å²) in [6, 6.07) is 16.7. The first-order valence-electron chi connectivity index (χ1n) is 11.2. The predicted molar refractivity (Wildman–Crippen MR) is 139 cm³/mol. The van der Waals surface area contributed by atoms with Gasteiger partial charge in [0.05, 0.1) is 30.8 Å². The zero-order valence-electron chi connectivity index (χ0n) is 20.0. The molecule has 0 aliphatic carbocycles. The molecule has 1 amide bonds. The predicted octanol–water partition coefficient (Wildman–Crippen LogP) is 5.04. The van der Waals surface area contributed by atoms with Gasteiger partial charge in [-0.2, -0.15) is 0 Å². The van der Waals surface area contributed by atoms with Crippen LogP contribution in [-0.2, 0) is 16.0 Å². The molecule has 4 rings (SSSR count). The molecule has 1 N–H and O–H groups in total. The summed E-state index contributed by atoms with van der Waals surface area (Å²) in [5.41, 5.74) is 1.20. The SMILES string of the molecule is COc1ccc(CCN2C(=O)C(=O)C(=C(O)c3ccc(Br)cc3)[C@H]2c2cccc([N+](=O)[O-])c2)cc1OC. The lowest BCUT2D eigenvalue weighted by Crippen LogP contribution is -2.31. The third-order valence-corrected chi connectivity index (χ3v) is 6.67. The Morgan fingerprint density at radius 2 is 1.73 bits per heavy atom. The van der Waals surface area contributed by atoms with Gasteiger partial charge in [-0.3, -0.25) is 19.7 Å². The molecule has 0 spiro atoms. The smallest absolute Gasteiger partial charge is 0.295 e. The number of rotatable bonds is 8. The first-order valence-corrected chi connectivity index (χ1v) is 12.0. The minimum absolute atomic E-state index is 0.116. The van der Waals surface area contributed by atoms with Crippen molar-refractivity contribution in [1.29, 1.82) is 0 Å². The van der Waals surface area contributed by atoms with Crippen LogP contribution in [0.3, 0.4) is 0 Å². The van der Waals surface area contributed by atoms with Crippen LogP contribution >= 0.6 is 15.9 Å². The molecule has 1 aliphatic heterocycles. The number of likely N-dealkylation sites (tertiary alicyclic amines) is 1. The van der Waals surface area contributed by atoms with E-state index < -0.39 is 22.7 Å². The Morgan fingerprint density at radius 3 is 2.38 bits per heavy atom. The van der Waals surface area contributed by atoms with Gasteiger partial charge in [-0.15, -0.1) is 0 Å². The number of Topliss-reactive ketones (excluding diaryl/α,β-unsaturated/α-hetero) is 1. The number of ether oxygens (including phenoxy) is 2. The second-order valence-corrected chi connectivity index (χ2v) is 9.21. The standard InChI is InChI=1S/C27H23BrN2O7/c1-36-21-11-6-16(14-22(21)37-2)12-13-29-24(18-4-3-5-20(15-18)30(34)35)23(26(32)27(29)33)25(31)17-7-9-19(28)10-8-17/h3-11,14-15,24,31H,12-13H2,1-2H3/t24-/m1/s1. The highest BCUT2D eigenvalue weighted by Gasteiger charge is 2.46. The number of aliphatic hydroxyl groups is 1. The summed E-state index contributed by atoms with van der Waals surface area (Å²) in [5.74, 6) is -0.929. The molecule has 3 aromatic rings. The summed E-state index contributed by atoms with van der Waals surface area (Å²) in [6.07, 6.45) is 0.358. The second-order valence-electron chi connectivity index (χ2n) is 8.29. The molecule has 3 aromatic carbocycles. The lowest BCUT2D eigenvalue weighted by molar-refractivity contribution is -0.384. The Morgan fingerprint density at radius 1 is 1.03 bits per heavy atom. The summed E-state index contributed by atoms with van der Waals surface area (Å²) in [5, 5.41) is 22.6. The molecule has 0 unspecified atom stereocenters. The van der Waals surface area contributed by atoms with Crippen LogP contribution in [0.1, 0.15) is 22.7 Å². The van der Waals surface area contributed by atoms with E-state index in [1.165, 1.54) is 37.3 Å². The highest BCUT2D eigenvalue weighted by Crippen LogP contribution is 2.40. The van der Waals surface area contributed by atoms with E-state index in [-0.39, 0.29) is 23.6 Å². The van der Waals surface area contributed by atoms with Crippen molar-refractivity contribution in [1.82, 2.24) is 4.90 Å². The molecule has 0 saturated carbocycles. The molecule has 9 nitrogen and oxygen atoms in total. The van der Waals surface area contributed by atoms with Crippen LogP contribution in [0.5, 0.6) is 11.5 Å². The number of carbonyl (C=O) groups is 2. The van der Waals surface area contributed by atoms with E-state index in [4.69, 9.17) is 9.47 Å². The third-order valence-electron chi connectivity index (χ3n) is 6.14. The van der Waals surface area contributed by atoms with E-state index in [2.05, 4.69) is 15.9 Å². The van der Waals surface area contributed by atoms with E-state index in [1.54, 1.807) is 42.5 Å². The van der Waals surface area contributed by atoms with E-state index >= 15 is 0 Å². The van der Waals surface area contributed by atoms with Gasteiger partial charge in [0.2, 0.25) is 0 Å². The van der Waals surface area contributed by atoms with E-state index in [0.717, 1.165) is 10.0 Å². The first-order chi connectivity index (χ1) is 17.7. The summed E-state index contributed by atoms with van der Waals surface area (Å²) in [6.45, 7) is 0.116. The van der Waals surface area contributed by atoms with Gasteiger partial charge >= 0.3 is 0 Å². The first kappa shape index (κ1) is 25.9. The highest BCUT2D eigenvalue weighted by molar-refractivity contribution is 9.10. The second kappa shape index (κ2) is 10.8. The van der Waals surface area contributed by atoms with Crippen molar-refractivity contribution < 1.29 is 29.1 Å². The Balaban J connectivity index is 1.78. The van der Waals surface area contributed by atoms with Crippen molar-refractivity contribution in [3.8, 4) is 11.5 Å². The van der Waals surface area contributed by atoms with Gasteiger partial charge in [0.25, 0.3) is 17.4 Å². The number of hydrogen-bond acceptors (Lipinski definition) is 7. The molecule has 1 aliphatic rings. The van der Waals surface area contributed by atoms with Gasteiger partial charge in [0.15, 0.2) is 11.5 Å². The number of halogens is 1. The molecule has 0 radical (unpaired) electrons. The van der Waals surface area contributed by atoms with Crippen molar-refractivity contribution in [2.24, 2.45) is 0 Å². The zero-order chi connectivity index (χ0) is 26.7. The zero-order valence-corrected chi connectivity index (χ0v) is 21.6. The van der Waals surface area contributed by atoms with Crippen molar-refractivity contribution in [3.63, 3.8) is 0 Å². The number of methoxy groups -OCH3 is 2. The van der Waals surface area contributed by atoms with Crippen LogP contribution in [0.2, 0.25) is 0 Å². The fourth-order valence-electron chi connectivity index (χ4n) is 4.31. The van der Waals surface area contributed by atoms with Crippen LogP contribution in [0, 0.1) is 10.1 Å². The third kappa shape index (κ3) is 5.19. The Hall–Kier alpha value is -4.18. The molecule has 10 heteroatoms. The number of nitrogens with zero attached hydrogens (tertiary/aromatic N) is 2. The summed E-state index contributed by atoms with van der Waals surface area (Å²) in [7, 11) is 3.05. The molecule has 0 aromatic heterocycles. The number of hydrogen-bond donors (Lipinski definition) is 1. The molecule has 1 atom stereocenters. The number of aliphatic hydroxyl groups excluding tert-OH is 1. The van der Waals surface area contributed by atoms with Crippen molar-refractivity contribution >= 4 is 39.1 Å². The van der Waals surface area contributed by atoms with E-state index in [0.29, 0.717) is 29.0 Å². The average molecular weight is 567 g/mol. The Kier molecular flexibility index (Phi) is 7.58. The summed E-state index contributed by atoms with van der Waals surface area (Å²) in [4.78, 5) is 38.6. The minimum atomic E-state index is -1.01. The van der Waals surface area contributed by atoms with Gasteiger partial charge in [-0.05, 0) is 41.8 Å². The molecule has 190 valence electrons. The maximum Gasteiger partial charge on any atom is 0.295 e. The molecular formula is C27H23BrN2O7. The number of non-ortho nitro benzene ring substituents is 1. The molecule has 1 fully saturated rings. The number of carbonyl (C=O) groups excluding carboxylic acids is 2. The minimum Gasteiger partial charge on any atom is -0.507 e. The maximum atomic E-state index is 13.2. The fourth-order valence-corrected chi connectivity index (χ4v) is 4.58. The largest absolute Gasteiger partial charge is 0.507 e. The molecule has 1 heterocycles. The number of nitro groups is 1. The fraction of sp³-hybridized carbons (Fsp3) is 0.185. The molecule has 37 heavy (non-hydrogen) atoms. The Labute approximate surface area is 221 Å². The summed E-state index contributed by atoms with van der Waals surface area (Å²) < 4.78 is 11.4.